The van der Waals surface area contributed by atoms with Gasteiger partial charge in [0.05, 0.1) is 4.88 Å². The first-order chi connectivity index (χ1) is 9.41. The second-order valence-electron chi connectivity index (χ2n) is 6.05. The molecule has 1 amide bonds. The van der Waals surface area contributed by atoms with Gasteiger partial charge in [-0.1, -0.05) is 39.0 Å². The van der Waals surface area contributed by atoms with Crippen LogP contribution < -0.4 is 5.32 Å². The van der Waals surface area contributed by atoms with Gasteiger partial charge in [-0.05, 0) is 29.4 Å². The summed E-state index contributed by atoms with van der Waals surface area (Å²) in [6, 6.07) is 9.87. The van der Waals surface area contributed by atoms with E-state index in [0.29, 0.717) is 6.42 Å². The third-order valence-corrected chi connectivity index (χ3v) is 4.53. The van der Waals surface area contributed by atoms with Crippen molar-refractivity contribution in [3.63, 3.8) is 0 Å². The lowest BCUT2D eigenvalue weighted by Crippen LogP contribution is -2.44. The zero-order chi connectivity index (χ0) is 14.8. The number of nitrogens with one attached hydrogen (secondary N) is 1. The number of aliphatic hydroxyl groups is 1. The van der Waals surface area contributed by atoms with Crippen molar-refractivity contribution < 1.29 is 9.90 Å². The van der Waals surface area contributed by atoms with Crippen LogP contribution in [0.1, 0.15) is 36.9 Å². The van der Waals surface area contributed by atoms with Gasteiger partial charge in [-0.3, -0.25) is 4.79 Å². The number of thiophene rings is 1. The van der Waals surface area contributed by atoms with Crippen molar-refractivity contribution in [3.8, 4) is 0 Å². The zero-order valence-electron chi connectivity index (χ0n) is 12.1. The number of amides is 1. The predicted molar refractivity (Wildman–Crippen MR) is 84.2 cm³/mol. The van der Waals surface area contributed by atoms with Gasteiger partial charge in [-0.15, -0.1) is 11.3 Å². The van der Waals surface area contributed by atoms with Crippen LogP contribution in [0.5, 0.6) is 0 Å². The summed E-state index contributed by atoms with van der Waals surface area (Å²) in [6.45, 7) is 6.28. The number of carbonyl (C=O) groups excluding carboxylic acids is 1. The number of hydrogen-bond donors (Lipinski definition) is 2. The molecule has 0 aliphatic heterocycles. The number of hydrogen-bond acceptors (Lipinski definition) is 3. The number of benzene rings is 1. The van der Waals surface area contributed by atoms with E-state index in [1.54, 1.807) is 0 Å². The summed E-state index contributed by atoms with van der Waals surface area (Å²) in [6.07, 6.45) is 0.570. The molecule has 1 atom stereocenters. The van der Waals surface area contributed by atoms with E-state index in [9.17, 15) is 4.79 Å². The highest BCUT2D eigenvalue weighted by Gasteiger charge is 2.26. The second-order valence-corrected chi connectivity index (χ2v) is 7.14. The molecule has 0 saturated carbocycles. The summed E-state index contributed by atoms with van der Waals surface area (Å²) in [7, 11) is 0. The van der Waals surface area contributed by atoms with Gasteiger partial charge in [0, 0.05) is 17.3 Å². The lowest BCUT2D eigenvalue weighted by Gasteiger charge is -2.30. The van der Waals surface area contributed by atoms with Gasteiger partial charge in [0.2, 0.25) is 0 Å². The van der Waals surface area contributed by atoms with E-state index >= 15 is 0 Å². The van der Waals surface area contributed by atoms with E-state index in [2.05, 4.69) is 26.1 Å². The Morgan fingerprint density at radius 1 is 1.35 bits per heavy atom. The molecule has 0 fully saturated rings. The van der Waals surface area contributed by atoms with Crippen molar-refractivity contribution in [1.82, 2.24) is 5.32 Å². The molecule has 0 bridgehead atoms. The molecule has 1 unspecified atom stereocenters. The molecule has 2 rings (SSSR count). The summed E-state index contributed by atoms with van der Waals surface area (Å²) in [4.78, 5) is 13.1. The fourth-order valence-corrected chi connectivity index (χ4v) is 3.14. The van der Waals surface area contributed by atoms with Gasteiger partial charge < -0.3 is 10.4 Å². The molecule has 2 N–H and O–H groups in total. The van der Waals surface area contributed by atoms with Crippen molar-refractivity contribution in [1.29, 1.82) is 0 Å². The van der Waals surface area contributed by atoms with Crippen molar-refractivity contribution in [2.75, 3.05) is 6.61 Å². The van der Waals surface area contributed by atoms with Crippen LogP contribution >= 0.6 is 11.3 Å². The average Bonchev–Trinajstić information content (AvgIpc) is 2.80. The van der Waals surface area contributed by atoms with Crippen LogP contribution in [0.4, 0.5) is 0 Å². The molecular weight excluding hydrogens is 270 g/mol. The van der Waals surface area contributed by atoms with E-state index in [4.69, 9.17) is 5.11 Å². The Kier molecular flexibility index (Phi) is 4.45. The highest BCUT2D eigenvalue weighted by atomic mass is 32.1. The van der Waals surface area contributed by atoms with Gasteiger partial charge in [-0.2, -0.15) is 0 Å². The summed E-state index contributed by atoms with van der Waals surface area (Å²) in [5, 5.41) is 13.3. The lowest BCUT2D eigenvalue weighted by atomic mass is 9.85. The van der Waals surface area contributed by atoms with E-state index in [1.165, 1.54) is 11.3 Å². The smallest absolute Gasteiger partial charge is 0.261 e. The number of aliphatic hydroxyl groups excluding tert-OH is 1. The zero-order valence-corrected chi connectivity index (χ0v) is 13.0. The Hall–Kier alpha value is -1.39. The minimum Gasteiger partial charge on any atom is -0.396 e. The van der Waals surface area contributed by atoms with Crippen molar-refractivity contribution in [2.45, 2.75) is 33.2 Å². The van der Waals surface area contributed by atoms with Crippen LogP contribution in [0.3, 0.4) is 0 Å². The SMILES string of the molecule is CC(C)(C)C(CCO)NC(=O)c1cc2ccccc2s1. The molecule has 2 aromatic rings. The first-order valence-electron chi connectivity index (χ1n) is 6.82. The van der Waals surface area contributed by atoms with Gasteiger partial charge in [0.15, 0.2) is 0 Å². The second kappa shape index (κ2) is 5.94. The Morgan fingerprint density at radius 3 is 2.65 bits per heavy atom. The van der Waals surface area contributed by atoms with Gasteiger partial charge in [-0.25, -0.2) is 0 Å². The molecule has 0 aliphatic carbocycles. The number of rotatable bonds is 4. The first-order valence-corrected chi connectivity index (χ1v) is 7.64. The highest BCUT2D eigenvalue weighted by Crippen LogP contribution is 2.27. The van der Waals surface area contributed by atoms with Crippen LogP contribution in [0.25, 0.3) is 10.1 Å². The van der Waals surface area contributed by atoms with E-state index in [0.717, 1.165) is 15.0 Å². The van der Waals surface area contributed by atoms with Gasteiger partial charge in [0.1, 0.15) is 0 Å². The maximum atomic E-state index is 12.4. The summed E-state index contributed by atoms with van der Waals surface area (Å²) < 4.78 is 1.12. The largest absolute Gasteiger partial charge is 0.396 e. The lowest BCUT2D eigenvalue weighted by molar-refractivity contribution is 0.0889. The van der Waals surface area contributed by atoms with Crippen LogP contribution in [-0.2, 0) is 0 Å². The molecule has 0 saturated heterocycles. The van der Waals surface area contributed by atoms with Crippen LogP contribution in [-0.4, -0.2) is 23.7 Å². The van der Waals surface area contributed by atoms with Crippen molar-refractivity contribution >= 4 is 27.3 Å². The fourth-order valence-electron chi connectivity index (χ4n) is 2.17. The molecule has 3 nitrogen and oxygen atoms in total. The Morgan fingerprint density at radius 2 is 2.05 bits per heavy atom. The minimum atomic E-state index is -0.0743. The molecular formula is C16H21NO2S. The standard InChI is InChI=1S/C16H21NO2S/c1-16(2,3)14(8-9-18)17-15(19)13-10-11-6-4-5-7-12(11)20-13/h4-7,10,14,18H,8-9H2,1-3H3,(H,17,19). The van der Waals surface area contributed by atoms with Crippen LogP contribution in [0.2, 0.25) is 0 Å². The quantitative estimate of drug-likeness (QED) is 0.906. The van der Waals surface area contributed by atoms with Crippen molar-refractivity contribution in [2.24, 2.45) is 5.41 Å². The third-order valence-electron chi connectivity index (χ3n) is 3.42. The molecule has 1 aromatic heterocycles. The molecule has 0 aliphatic rings. The maximum absolute atomic E-state index is 12.4. The molecule has 0 radical (unpaired) electrons. The van der Waals surface area contributed by atoms with Crippen LogP contribution in [0, 0.1) is 5.41 Å². The van der Waals surface area contributed by atoms with E-state index < -0.39 is 0 Å². The maximum Gasteiger partial charge on any atom is 0.261 e. The Labute approximate surface area is 123 Å². The summed E-state index contributed by atoms with van der Waals surface area (Å²) in [5.74, 6) is -0.0559. The molecule has 4 heteroatoms. The van der Waals surface area contributed by atoms with Crippen LogP contribution in [0.15, 0.2) is 30.3 Å². The van der Waals surface area contributed by atoms with Gasteiger partial charge >= 0.3 is 0 Å². The first kappa shape index (κ1) is 15.0. The van der Waals surface area contributed by atoms with Gasteiger partial charge in [0.25, 0.3) is 5.91 Å². The molecule has 108 valence electrons. The Balaban J connectivity index is 2.18. The molecule has 1 aromatic carbocycles. The predicted octanol–water partition coefficient (Wildman–Crippen LogP) is 3.43. The number of carbonyl (C=O) groups is 1. The summed E-state index contributed by atoms with van der Waals surface area (Å²) in [5.41, 5.74) is -0.0743. The summed E-state index contributed by atoms with van der Waals surface area (Å²) >= 11 is 1.50. The molecule has 20 heavy (non-hydrogen) atoms. The van der Waals surface area contributed by atoms with Crippen molar-refractivity contribution in [3.05, 3.63) is 35.2 Å². The molecule has 1 heterocycles. The fraction of sp³-hybridized carbons (Fsp3) is 0.438. The number of fused-ring (bicyclic) bond motifs is 1. The van der Waals surface area contributed by atoms with E-state index in [-0.39, 0.29) is 24.0 Å². The highest BCUT2D eigenvalue weighted by molar-refractivity contribution is 7.20. The molecule has 0 spiro atoms. The third kappa shape index (κ3) is 3.38. The Bertz CT molecular complexity index is 565. The topological polar surface area (TPSA) is 49.3 Å². The normalized spacial score (nSPS) is 13.4. The average molecular weight is 291 g/mol. The minimum absolute atomic E-state index is 0.0368. The van der Waals surface area contributed by atoms with E-state index in [1.807, 2.05) is 30.3 Å². The monoisotopic (exact) mass is 291 g/mol.